The van der Waals surface area contributed by atoms with E-state index in [-0.39, 0.29) is 5.56 Å². The van der Waals surface area contributed by atoms with Crippen LogP contribution in [0, 0.1) is 4.77 Å². The quantitative estimate of drug-likeness (QED) is 0.700. The van der Waals surface area contributed by atoms with Gasteiger partial charge in [-0.3, -0.25) is 14.2 Å². The van der Waals surface area contributed by atoms with Crippen LogP contribution in [-0.2, 0) is 0 Å². The minimum atomic E-state index is -0.203. The van der Waals surface area contributed by atoms with E-state index in [2.05, 4.69) is 17.1 Å². The van der Waals surface area contributed by atoms with Crippen LogP contribution in [0.25, 0.3) is 16.6 Å². The van der Waals surface area contributed by atoms with E-state index in [0.717, 1.165) is 11.1 Å². The van der Waals surface area contributed by atoms with E-state index in [9.17, 15) is 4.79 Å². The number of fused-ring (bicyclic) bond motifs is 1. The number of hydrogen-bond acceptors (Lipinski definition) is 2. The van der Waals surface area contributed by atoms with Gasteiger partial charge in [0.1, 0.15) is 0 Å². The predicted octanol–water partition coefficient (Wildman–Crippen LogP) is 4.55. The van der Waals surface area contributed by atoms with Crippen molar-refractivity contribution in [2.45, 2.75) is 18.8 Å². The molecule has 1 aliphatic rings. The maximum absolute atomic E-state index is 12.5. The van der Waals surface area contributed by atoms with Crippen LogP contribution >= 0.6 is 23.8 Å². The topological polar surface area (TPSA) is 37.3 Å². The van der Waals surface area contributed by atoms with Crippen molar-refractivity contribution in [3.05, 3.63) is 68.3 Å². The molecule has 1 aromatic carbocycles. The molecule has 2 aromatic heterocycles. The fraction of sp³-hybridized carbons (Fsp3) is 0.176. The number of aromatic nitrogens is 2. The molecular formula is C17H13ClN2OS. The molecular weight excluding hydrogens is 316 g/mol. The van der Waals surface area contributed by atoms with Gasteiger partial charge in [-0.2, -0.15) is 0 Å². The molecule has 0 amide bonds. The second-order valence-electron chi connectivity index (χ2n) is 5.60. The van der Waals surface area contributed by atoms with Crippen molar-refractivity contribution in [3.63, 3.8) is 0 Å². The zero-order chi connectivity index (χ0) is 15.3. The van der Waals surface area contributed by atoms with Gasteiger partial charge >= 0.3 is 0 Å². The molecule has 1 N–H and O–H groups in total. The fourth-order valence-corrected chi connectivity index (χ4v) is 3.30. The third-order valence-electron chi connectivity index (χ3n) is 4.09. The number of hydrogen-bond donors (Lipinski definition) is 1. The summed E-state index contributed by atoms with van der Waals surface area (Å²) >= 11 is 11.6. The van der Waals surface area contributed by atoms with E-state index in [1.54, 1.807) is 6.07 Å². The fourth-order valence-electron chi connectivity index (χ4n) is 2.82. The standard InChI is InChI=1S/C17H13ClN2OS/c18-13-4-2-1-3-12(13)15-14-9-11(10-5-6-10)7-8-20(14)17(22)19-16(15)21/h1-4,7-10H,5-6H2,(H,19,21,22). The van der Waals surface area contributed by atoms with Crippen molar-refractivity contribution in [1.82, 2.24) is 9.38 Å². The number of pyridine rings is 1. The van der Waals surface area contributed by atoms with Gasteiger partial charge < -0.3 is 0 Å². The Morgan fingerprint density at radius 1 is 1.23 bits per heavy atom. The molecule has 3 nitrogen and oxygen atoms in total. The number of aromatic amines is 1. The van der Waals surface area contributed by atoms with Crippen LogP contribution in [0.3, 0.4) is 0 Å². The lowest BCUT2D eigenvalue weighted by atomic mass is 10.0. The molecule has 1 fully saturated rings. The molecule has 3 aromatic rings. The van der Waals surface area contributed by atoms with E-state index in [1.165, 1.54) is 18.4 Å². The van der Waals surface area contributed by atoms with Crippen molar-refractivity contribution >= 4 is 29.3 Å². The average Bonchev–Trinajstić information content (AvgIpc) is 3.33. The van der Waals surface area contributed by atoms with Gasteiger partial charge in [0.2, 0.25) is 0 Å². The molecule has 0 atom stereocenters. The van der Waals surface area contributed by atoms with Crippen LogP contribution < -0.4 is 5.56 Å². The number of halogens is 1. The molecule has 0 saturated heterocycles. The molecule has 4 rings (SSSR count). The Bertz CT molecular complexity index is 1000. The monoisotopic (exact) mass is 328 g/mol. The van der Waals surface area contributed by atoms with Crippen molar-refractivity contribution < 1.29 is 0 Å². The molecule has 0 unspecified atom stereocenters. The lowest BCUT2D eigenvalue weighted by Crippen LogP contribution is -2.14. The lowest BCUT2D eigenvalue weighted by Gasteiger charge is -2.11. The average molecular weight is 329 g/mol. The molecule has 1 aliphatic carbocycles. The summed E-state index contributed by atoms with van der Waals surface area (Å²) in [7, 11) is 0. The normalized spacial score (nSPS) is 14.4. The summed E-state index contributed by atoms with van der Waals surface area (Å²) in [6.07, 6.45) is 4.35. The van der Waals surface area contributed by atoms with Crippen LogP contribution in [0.1, 0.15) is 24.3 Å². The Labute approximate surface area is 137 Å². The zero-order valence-corrected chi connectivity index (χ0v) is 13.2. The first kappa shape index (κ1) is 13.7. The van der Waals surface area contributed by atoms with E-state index in [4.69, 9.17) is 23.8 Å². The van der Waals surface area contributed by atoms with Gasteiger partial charge in [0.25, 0.3) is 5.56 Å². The first-order valence-electron chi connectivity index (χ1n) is 7.18. The maximum atomic E-state index is 12.5. The number of nitrogens with one attached hydrogen (secondary N) is 1. The van der Waals surface area contributed by atoms with E-state index in [0.29, 0.717) is 21.3 Å². The molecule has 0 bridgehead atoms. The lowest BCUT2D eigenvalue weighted by molar-refractivity contribution is 1.00. The van der Waals surface area contributed by atoms with E-state index in [1.807, 2.05) is 28.8 Å². The van der Waals surface area contributed by atoms with E-state index >= 15 is 0 Å². The molecule has 22 heavy (non-hydrogen) atoms. The second-order valence-corrected chi connectivity index (χ2v) is 6.40. The summed E-state index contributed by atoms with van der Waals surface area (Å²) in [6, 6.07) is 11.5. The smallest absolute Gasteiger partial charge is 0.260 e. The van der Waals surface area contributed by atoms with Crippen LogP contribution in [0.5, 0.6) is 0 Å². The highest BCUT2D eigenvalue weighted by Gasteiger charge is 2.24. The number of nitrogens with zero attached hydrogens (tertiary/aromatic N) is 1. The minimum absolute atomic E-state index is 0.203. The highest BCUT2D eigenvalue weighted by Crippen LogP contribution is 2.41. The summed E-state index contributed by atoms with van der Waals surface area (Å²) < 4.78 is 2.24. The third-order valence-corrected chi connectivity index (χ3v) is 4.72. The zero-order valence-electron chi connectivity index (χ0n) is 11.7. The first-order valence-corrected chi connectivity index (χ1v) is 7.97. The highest BCUT2D eigenvalue weighted by molar-refractivity contribution is 7.71. The minimum Gasteiger partial charge on any atom is -0.298 e. The number of benzene rings is 1. The SMILES string of the molecule is O=c1[nH]c(=S)n2ccc(C3CC3)cc2c1-c1ccccc1Cl. The van der Waals surface area contributed by atoms with E-state index < -0.39 is 0 Å². The maximum Gasteiger partial charge on any atom is 0.260 e. The first-order chi connectivity index (χ1) is 10.6. The number of rotatable bonds is 2. The second kappa shape index (κ2) is 5.07. The summed E-state index contributed by atoms with van der Waals surface area (Å²) in [4.78, 5) is 15.2. The van der Waals surface area contributed by atoms with Gasteiger partial charge in [0.05, 0.1) is 11.1 Å². The van der Waals surface area contributed by atoms with Gasteiger partial charge in [-0.15, -0.1) is 0 Å². The van der Waals surface area contributed by atoms with Crippen LogP contribution in [0.4, 0.5) is 0 Å². The summed E-state index contributed by atoms with van der Waals surface area (Å²) in [5, 5.41) is 0.559. The van der Waals surface area contributed by atoms with Crippen LogP contribution in [0.2, 0.25) is 5.02 Å². The largest absolute Gasteiger partial charge is 0.298 e. The third kappa shape index (κ3) is 2.19. The molecule has 2 heterocycles. The summed E-state index contributed by atoms with van der Waals surface area (Å²) in [5.74, 6) is 0.608. The molecule has 0 radical (unpaired) electrons. The Hall–Kier alpha value is -1.91. The van der Waals surface area contributed by atoms with Gasteiger partial charge in [-0.05, 0) is 54.7 Å². The number of H-pyrrole nitrogens is 1. The molecule has 0 spiro atoms. The predicted molar refractivity (Wildman–Crippen MR) is 91.3 cm³/mol. The van der Waals surface area contributed by atoms with Crippen LogP contribution in [-0.4, -0.2) is 9.38 Å². The Morgan fingerprint density at radius 2 is 2.00 bits per heavy atom. The van der Waals surface area contributed by atoms with Crippen molar-refractivity contribution in [3.8, 4) is 11.1 Å². The van der Waals surface area contributed by atoms with Gasteiger partial charge in [-0.1, -0.05) is 29.8 Å². The Kier molecular flexibility index (Phi) is 3.17. The molecule has 0 aliphatic heterocycles. The molecule has 110 valence electrons. The summed E-state index contributed by atoms with van der Waals surface area (Å²) in [5.41, 5.74) is 3.16. The van der Waals surface area contributed by atoms with Crippen molar-refractivity contribution in [2.24, 2.45) is 0 Å². The van der Waals surface area contributed by atoms with Gasteiger partial charge in [-0.25, -0.2) is 0 Å². The van der Waals surface area contributed by atoms with Crippen LogP contribution in [0.15, 0.2) is 47.4 Å². The Balaban J connectivity index is 2.12. The van der Waals surface area contributed by atoms with Gasteiger partial charge in [0.15, 0.2) is 4.77 Å². The highest BCUT2D eigenvalue weighted by atomic mass is 35.5. The molecule has 1 saturated carbocycles. The van der Waals surface area contributed by atoms with Crippen molar-refractivity contribution in [2.75, 3.05) is 0 Å². The molecule has 5 heteroatoms. The Morgan fingerprint density at radius 3 is 2.73 bits per heavy atom. The van der Waals surface area contributed by atoms with Crippen molar-refractivity contribution in [1.29, 1.82) is 0 Å². The summed E-state index contributed by atoms with van der Waals surface area (Å²) in [6.45, 7) is 0. The van der Waals surface area contributed by atoms with Gasteiger partial charge in [0, 0.05) is 16.8 Å².